The Balaban J connectivity index is 1.76. The van der Waals surface area contributed by atoms with E-state index in [0.29, 0.717) is 5.56 Å². The first-order chi connectivity index (χ1) is 12.1. The maximum atomic E-state index is 11.9. The van der Waals surface area contributed by atoms with E-state index in [2.05, 4.69) is 32.6 Å². The fraction of sp³-hybridized carbons (Fsp3) is 0.333. The van der Waals surface area contributed by atoms with E-state index in [1.165, 1.54) is 12.0 Å². The number of methoxy groups -OCH3 is 1. The number of hydrogen-bond donors (Lipinski definition) is 0. The Morgan fingerprint density at radius 2 is 2.28 bits per heavy atom. The summed E-state index contributed by atoms with van der Waals surface area (Å²) < 4.78 is 13.8. The molecule has 5 nitrogen and oxygen atoms in total. The van der Waals surface area contributed by atoms with Crippen LogP contribution < -0.4 is 0 Å². The molecule has 0 saturated carbocycles. The molecular weight excluding hydrogens is 404 g/mol. The van der Waals surface area contributed by atoms with Crippen molar-refractivity contribution in [1.29, 1.82) is 0 Å². The number of esters is 1. The number of hydrogen-bond acceptors (Lipinski definition) is 5. The van der Waals surface area contributed by atoms with Crippen molar-refractivity contribution in [3.8, 4) is 0 Å². The van der Waals surface area contributed by atoms with Crippen LogP contribution in [0.3, 0.4) is 0 Å². The van der Waals surface area contributed by atoms with Gasteiger partial charge in [0, 0.05) is 17.9 Å². The molecule has 3 aromatic rings. The third-order valence-corrected chi connectivity index (χ3v) is 6.01. The highest BCUT2D eigenvalue weighted by molar-refractivity contribution is 9.11. The SMILES string of the molecule is COC(=O)c1ccc2nc(Cc3ccc(Br)s3)n(C[C@@H]3CCO3)c2c1. The number of rotatable bonds is 5. The van der Waals surface area contributed by atoms with Gasteiger partial charge in [-0.25, -0.2) is 9.78 Å². The Hall–Kier alpha value is -1.70. The molecule has 1 fully saturated rings. The summed E-state index contributed by atoms with van der Waals surface area (Å²) in [5.41, 5.74) is 2.37. The number of thiophene rings is 1. The third-order valence-electron chi connectivity index (χ3n) is 4.39. The zero-order valence-corrected chi connectivity index (χ0v) is 16.1. The second-order valence-corrected chi connectivity index (χ2v) is 8.55. The van der Waals surface area contributed by atoms with Gasteiger partial charge in [-0.15, -0.1) is 11.3 Å². The molecule has 3 heterocycles. The first-order valence-corrected chi connectivity index (χ1v) is 9.68. The molecule has 0 unspecified atom stereocenters. The first-order valence-electron chi connectivity index (χ1n) is 8.07. The molecule has 1 aromatic carbocycles. The van der Waals surface area contributed by atoms with Gasteiger partial charge in [0.2, 0.25) is 0 Å². The van der Waals surface area contributed by atoms with Crippen LogP contribution in [0, 0.1) is 0 Å². The Labute approximate surface area is 157 Å². The molecule has 4 rings (SSSR count). The largest absolute Gasteiger partial charge is 0.465 e. The van der Waals surface area contributed by atoms with E-state index in [4.69, 9.17) is 14.5 Å². The summed E-state index contributed by atoms with van der Waals surface area (Å²) in [4.78, 5) is 17.9. The number of carbonyl (C=O) groups is 1. The number of benzene rings is 1. The second kappa shape index (κ2) is 6.90. The fourth-order valence-corrected chi connectivity index (χ4v) is 4.47. The van der Waals surface area contributed by atoms with Gasteiger partial charge in [-0.3, -0.25) is 0 Å². The van der Waals surface area contributed by atoms with Crippen molar-refractivity contribution in [2.75, 3.05) is 13.7 Å². The summed E-state index contributed by atoms with van der Waals surface area (Å²) in [6.07, 6.45) is 2.03. The second-order valence-electron chi connectivity index (χ2n) is 6.00. The van der Waals surface area contributed by atoms with E-state index in [0.717, 1.165) is 46.6 Å². The van der Waals surface area contributed by atoms with Crippen LogP contribution in [0.1, 0.15) is 27.5 Å². The summed E-state index contributed by atoms with van der Waals surface area (Å²) in [6.45, 7) is 1.57. The Morgan fingerprint density at radius 3 is 2.92 bits per heavy atom. The zero-order valence-electron chi connectivity index (χ0n) is 13.7. The molecule has 7 heteroatoms. The minimum Gasteiger partial charge on any atom is -0.465 e. The highest BCUT2D eigenvalue weighted by atomic mass is 79.9. The quantitative estimate of drug-likeness (QED) is 0.584. The zero-order chi connectivity index (χ0) is 17.4. The number of fused-ring (bicyclic) bond motifs is 1. The lowest BCUT2D eigenvalue weighted by molar-refractivity contribution is -0.0589. The van der Waals surface area contributed by atoms with Crippen molar-refractivity contribution in [2.45, 2.75) is 25.5 Å². The van der Waals surface area contributed by atoms with E-state index in [1.54, 1.807) is 17.4 Å². The molecule has 0 amide bonds. The van der Waals surface area contributed by atoms with Gasteiger partial charge in [0.1, 0.15) is 5.82 Å². The summed E-state index contributed by atoms with van der Waals surface area (Å²) in [6, 6.07) is 9.67. The molecule has 25 heavy (non-hydrogen) atoms. The number of ether oxygens (including phenoxy) is 2. The first kappa shape index (κ1) is 16.8. The van der Waals surface area contributed by atoms with Crippen molar-refractivity contribution in [3.05, 3.63) is 50.4 Å². The Bertz CT molecular complexity index is 930. The molecule has 0 radical (unpaired) electrons. The van der Waals surface area contributed by atoms with Crippen LogP contribution in [0.4, 0.5) is 0 Å². The maximum Gasteiger partial charge on any atom is 0.337 e. The predicted molar refractivity (Wildman–Crippen MR) is 100 cm³/mol. The van der Waals surface area contributed by atoms with Crippen molar-refractivity contribution in [3.63, 3.8) is 0 Å². The van der Waals surface area contributed by atoms with E-state index >= 15 is 0 Å². The van der Waals surface area contributed by atoms with Crippen LogP contribution >= 0.6 is 27.3 Å². The molecule has 1 aliphatic heterocycles. The molecule has 0 N–H and O–H groups in total. The highest BCUT2D eigenvalue weighted by Crippen LogP contribution is 2.27. The van der Waals surface area contributed by atoms with Crippen LogP contribution in [0.2, 0.25) is 0 Å². The van der Waals surface area contributed by atoms with Gasteiger partial charge < -0.3 is 14.0 Å². The molecule has 0 spiro atoms. The summed E-state index contributed by atoms with van der Waals surface area (Å²) >= 11 is 5.22. The molecule has 1 aliphatic rings. The number of imidazole rings is 1. The highest BCUT2D eigenvalue weighted by Gasteiger charge is 2.22. The summed E-state index contributed by atoms with van der Waals surface area (Å²) in [5.74, 6) is 0.653. The number of halogens is 1. The van der Waals surface area contributed by atoms with E-state index in [-0.39, 0.29) is 12.1 Å². The lowest BCUT2D eigenvalue weighted by atomic mass is 10.1. The minimum atomic E-state index is -0.335. The lowest BCUT2D eigenvalue weighted by Gasteiger charge is -2.27. The van der Waals surface area contributed by atoms with Crippen LogP contribution in [-0.2, 0) is 22.4 Å². The Kier molecular flexibility index (Phi) is 4.62. The molecule has 0 aliphatic carbocycles. The minimum absolute atomic E-state index is 0.216. The standard InChI is InChI=1S/C18H17BrN2O3S/c1-23-18(22)11-2-4-14-15(8-11)21(10-12-6-7-24-12)17(20-14)9-13-3-5-16(19)25-13/h2-5,8,12H,6-7,9-10H2,1H3/t12-/m0/s1. The molecule has 130 valence electrons. The fourth-order valence-electron chi connectivity index (χ4n) is 2.99. The van der Waals surface area contributed by atoms with Gasteiger partial charge in [0.15, 0.2) is 0 Å². The van der Waals surface area contributed by atoms with Crippen molar-refractivity contribution >= 4 is 44.3 Å². The van der Waals surface area contributed by atoms with Gasteiger partial charge in [-0.1, -0.05) is 0 Å². The van der Waals surface area contributed by atoms with Crippen LogP contribution in [0.15, 0.2) is 34.1 Å². The summed E-state index contributed by atoms with van der Waals surface area (Å²) in [7, 11) is 1.39. The predicted octanol–water partition coefficient (Wildman–Crippen LogP) is 4.03. The molecule has 1 atom stereocenters. The Morgan fingerprint density at radius 1 is 1.44 bits per heavy atom. The maximum absolute atomic E-state index is 11.9. The number of aromatic nitrogens is 2. The van der Waals surface area contributed by atoms with Crippen LogP contribution in [0.25, 0.3) is 11.0 Å². The van der Waals surface area contributed by atoms with Gasteiger partial charge in [-0.05, 0) is 52.7 Å². The van der Waals surface area contributed by atoms with Gasteiger partial charge in [0.05, 0.1) is 40.1 Å². The average molecular weight is 421 g/mol. The van der Waals surface area contributed by atoms with Gasteiger partial charge in [-0.2, -0.15) is 0 Å². The smallest absolute Gasteiger partial charge is 0.337 e. The van der Waals surface area contributed by atoms with Crippen LogP contribution in [-0.4, -0.2) is 35.3 Å². The lowest BCUT2D eigenvalue weighted by Crippen LogP contribution is -2.31. The van der Waals surface area contributed by atoms with E-state index in [1.807, 2.05) is 12.1 Å². The van der Waals surface area contributed by atoms with Gasteiger partial charge >= 0.3 is 5.97 Å². The molecular formula is C18H17BrN2O3S. The van der Waals surface area contributed by atoms with Crippen LogP contribution in [0.5, 0.6) is 0 Å². The van der Waals surface area contributed by atoms with E-state index < -0.39 is 0 Å². The third kappa shape index (κ3) is 3.36. The molecule has 0 bridgehead atoms. The summed E-state index contributed by atoms with van der Waals surface area (Å²) in [5, 5.41) is 0. The average Bonchev–Trinajstić information content (AvgIpc) is 3.13. The molecule has 2 aromatic heterocycles. The van der Waals surface area contributed by atoms with Crippen molar-refractivity contribution in [1.82, 2.24) is 9.55 Å². The number of carbonyl (C=O) groups excluding carboxylic acids is 1. The molecule has 1 saturated heterocycles. The van der Waals surface area contributed by atoms with E-state index in [9.17, 15) is 4.79 Å². The number of nitrogens with zero attached hydrogens (tertiary/aromatic N) is 2. The van der Waals surface area contributed by atoms with Gasteiger partial charge in [0.25, 0.3) is 0 Å². The van der Waals surface area contributed by atoms with Crippen molar-refractivity contribution < 1.29 is 14.3 Å². The normalized spacial score (nSPS) is 16.8. The van der Waals surface area contributed by atoms with Crippen molar-refractivity contribution in [2.24, 2.45) is 0 Å². The topological polar surface area (TPSA) is 53.3 Å². The monoisotopic (exact) mass is 420 g/mol.